The molecule has 2 aromatic carbocycles. The molecule has 6 heteroatoms. The number of ether oxygens (including phenoxy) is 4. The van der Waals surface area contributed by atoms with E-state index < -0.39 is 0 Å². The second-order valence-electron chi connectivity index (χ2n) is 6.79. The Morgan fingerprint density at radius 3 is 2.22 bits per heavy atom. The van der Waals surface area contributed by atoms with Gasteiger partial charge >= 0.3 is 0 Å². The van der Waals surface area contributed by atoms with E-state index in [9.17, 15) is 0 Å². The van der Waals surface area contributed by atoms with E-state index in [1.807, 2.05) is 6.07 Å². The smallest absolute Gasteiger partial charge is 0.165 e. The van der Waals surface area contributed by atoms with Crippen molar-refractivity contribution in [1.82, 2.24) is 4.90 Å². The Balaban J connectivity index is 0.00000210. The second kappa shape index (κ2) is 7.87. The molecular formula is C21H25ClNO4-. The number of hydrogen-bond acceptors (Lipinski definition) is 5. The van der Waals surface area contributed by atoms with Crippen LogP contribution in [0, 0.1) is 0 Å². The molecule has 2 heterocycles. The van der Waals surface area contributed by atoms with Crippen molar-refractivity contribution in [2.24, 2.45) is 0 Å². The maximum absolute atomic E-state index is 5.66. The number of benzene rings is 2. The molecule has 0 aliphatic carbocycles. The van der Waals surface area contributed by atoms with Crippen molar-refractivity contribution in [3.05, 3.63) is 46.5 Å². The van der Waals surface area contributed by atoms with Gasteiger partial charge in [-0.1, -0.05) is 6.07 Å². The number of hydrogen-bond donors (Lipinski definition) is 0. The van der Waals surface area contributed by atoms with E-state index in [-0.39, 0.29) is 12.4 Å². The average Bonchev–Trinajstić information content (AvgIpc) is 2.70. The fraction of sp³-hybridized carbons (Fsp3) is 0.429. The highest BCUT2D eigenvalue weighted by Gasteiger charge is 2.34. The lowest BCUT2D eigenvalue weighted by atomic mass is 9.83. The lowest BCUT2D eigenvalue weighted by Crippen LogP contribution is -3.00. The van der Waals surface area contributed by atoms with Crippen LogP contribution in [0.5, 0.6) is 23.0 Å². The highest BCUT2D eigenvalue weighted by atomic mass is 35.5. The minimum atomic E-state index is 0. The standard InChI is InChI=1S/C21H25NO4.ClH/c1-23-18-6-5-13-9-17-15-11-20(25-3)19(24-2)10-14(15)7-8-22(17)12-16(13)21(18)26-4;/h5-6,10-11,17H,7-9,12H2,1-4H3;1H/p-1/t17-;/m0./s1. The van der Waals surface area contributed by atoms with E-state index in [0.29, 0.717) is 6.04 Å². The van der Waals surface area contributed by atoms with Crippen LogP contribution in [0.2, 0.25) is 0 Å². The highest BCUT2D eigenvalue weighted by Crippen LogP contribution is 2.45. The van der Waals surface area contributed by atoms with Gasteiger partial charge in [-0.05, 0) is 47.7 Å². The normalized spacial score (nSPS) is 17.7. The van der Waals surface area contributed by atoms with Gasteiger partial charge in [0.05, 0.1) is 28.4 Å². The largest absolute Gasteiger partial charge is 1.00 e. The Morgan fingerprint density at radius 2 is 1.56 bits per heavy atom. The molecule has 2 aromatic rings. The molecule has 27 heavy (non-hydrogen) atoms. The molecule has 2 aliphatic rings. The van der Waals surface area contributed by atoms with E-state index in [1.54, 1.807) is 28.4 Å². The number of halogens is 1. The van der Waals surface area contributed by atoms with Crippen LogP contribution in [0.25, 0.3) is 0 Å². The van der Waals surface area contributed by atoms with Gasteiger partial charge in [-0.3, -0.25) is 4.90 Å². The third kappa shape index (κ3) is 3.19. The summed E-state index contributed by atoms with van der Waals surface area (Å²) in [6.45, 7) is 1.89. The van der Waals surface area contributed by atoms with E-state index in [1.165, 1.54) is 22.3 Å². The van der Waals surface area contributed by atoms with E-state index in [0.717, 1.165) is 48.9 Å². The van der Waals surface area contributed by atoms with E-state index >= 15 is 0 Å². The van der Waals surface area contributed by atoms with Crippen LogP contribution in [0.4, 0.5) is 0 Å². The van der Waals surface area contributed by atoms with Gasteiger partial charge < -0.3 is 31.4 Å². The summed E-state index contributed by atoms with van der Waals surface area (Å²) in [5, 5.41) is 0. The number of methoxy groups -OCH3 is 4. The molecule has 0 radical (unpaired) electrons. The summed E-state index contributed by atoms with van der Waals surface area (Å²) in [7, 11) is 6.79. The molecule has 0 aromatic heterocycles. The van der Waals surface area contributed by atoms with Crippen molar-refractivity contribution < 1.29 is 31.4 Å². The maximum atomic E-state index is 5.66. The van der Waals surface area contributed by atoms with E-state index in [4.69, 9.17) is 18.9 Å². The molecule has 146 valence electrons. The molecule has 0 saturated heterocycles. The van der Waals surface area contributed by atoms with Crippen molar-refractivity contribution in [2.75, 3.05) is 35.0 Å². The molecule has 5 nitrogen and oxygen atoms in total. The van der Waals surface area contributed by atoms with Crippen LogP contribution >= 0.6 is 0 Å². The number of fused-ring (bicyclic) bond motifs is 4. The molecule has 0 N–H and O–H groups in total. The lowest BCUT2D eigenvalue weighted by molar-refractivity contribution is -0.00000634. The Morgan fingerprint density at radius 1 is 0.852 bits per heavy atom. The van der Waals surface area contributed by atoms with Crippen molar-refractivity contribution in [3.8, 4) is 23.0 Å². The fourth-order valence-electron chi connectivity index (χ4n) is 4.32. The number of rotatable bonds is 4. The third-order valence-electron chi connectivity index (χ3n) is 5.63. The summed E-state index contributed by atoms with van der Waals surface area (Å²) >= 11 is 0. The maximum Gasteiger partial charge on any atom is 0.165 e. The first-order valence-electron chi connectivity index (χ1n) is 8.91. The number of nitrogens with zero attached hydrogens (tertiary/aromatic N) is 1. The van der Waals surface area contributed by atoms with Crippen LogP contribution < -0.4 is 31.4 Å². The molecular weight excluding hydrogens is 366 g/mol. The zero-order chi connectivity index (χ0) is 18.3. The van der Waals surface area contributed by atoms with Gasteiger partial charge in [0.15, 0.2) is 23.0 Å². The predicted molar refractivity (Wildman–Crippen MR) is 99.7 cm³/mol. The van der Waals surface area contributed by atoms with Gasteiger partial charge in [-0.2, -0.15) is 0 Å². The molecule has 0 amide bonds. The first-order chi connectivity index (χ1) is 12.7. The van der Waals surface area contributed by atoms with Crippen molar-refractivity contribution >= 4 is 0 Å². The highest BCUT2D eigenvalue weighted by molar-refractivity contribution is 5.54. The zero-order valence-electron chi connectivity index (χ0n) is 16.2. The summed E-state index contributed by atoms with van der Waals surface area (Å²) in [6, 6.07) is 8.81. The molecule has 4 rings (SSSR count). The molecule has 1 atom stereocenters. The zero-order valence-corrected chi connectivity index (χ0v) is 16.9. The van der Waals surface area contributed by atoms with Gasteiger partial charge in [0.25, 0.3) is 0 Å². The van der Waals surface area contributed by atoms with Gasteiger partial charge in [0.1, 0.15) is 0 Å². The van der Waals surface area contributed by atoms with Crippen molar-refractivity contribution in [2.45, 2.75) is 25.4 Å². The molecule has 0 bridgehead atoms. The van der Waals surface area contributed by atoms with Crippen LogP contribution in [0.3, 0.4) is 0 Å². The van der Waals surface area contributed by atoms with Gasteiger partial charge in [0.2, 0.25) is 0 Å². The molecule has 0 saturated carbocycles. The molecule has 0 fully saturated rings. The van der Waals surface area contributed by atoms with Crippen molar-refractivity contribution in [1.29, 1.82) is 0 Å². The van der Waals surface area contributed by atoms with Crippen LogP contribution in [0.15, 0.2) is 24.3 Å². The second-order valence-corrected chi connectivity index (χ2v) is 6.79. The monoisotopic (exact) mass is 390 g/mol. The lowest BCUT2D eigenvalue weighted by Gasteiger charge is -2.42. The Labute approximate surface area is 166 Å². The summed E-state index contributed by atoms with van der Waals surface area (Å²) in [5.41, 5.74) is 5.26. The van der Waals surface area contributed by atoms with Crippen LogP contribution in [-0.2, 0) is 19.4 Å². The molecule has 2 aliphatic heterocycles. The Hall–Kier alpha value is -2.11. The minimum Gasteiger partial charge on any atom is -1.00 e. The SMILES string of the molecule is COc1cc2c(cc1OC)[C@@H]1Cc3ccc(OC)c(OC)c3CN1CC2.[Cl-]. The first-order valence-corrected chi connectivity index (χ1v) is 8.91. The summed E-state index contributed by atoms with van der Waals surface area (Å²) in [6.07, 6.45) is 1.96. The molecule has 0 unspecified atom stereocenters. The van der Waals surface area contributed by atoms with Gasteiger partial charge in [-0.15, -0.1) is 0 Å². The molecule has 0 spiro atoms. The minimum absolute atomic E-state index is 0. The topological polar surface area (TPSA) is 40.2 Å². The Kier molecular flexibility index (Phi) is 5.72. The van der Waals surface area contributed by atoms with E-state index in [2.05, 4.69) is 23.1 Å². The summed E-state index contributed by atoms with van der Waals surface area (Å²) in [4.78, 5) is 2.53. The van der Waals surface area contributed by atoms with Gasteiger partial charge in [0, 0.05) is 24.7 Å². The average molecular weight is 391 g/mol. The van der Waals surface area contributed by atoms with Crippen molar-refractivity contribution in [3.63, 3.8) is 0 Å². The third-order valence-corrected chi connectivity index (χ3v) is 5.63. The quantitative estimate of drug-likeness (QED) is 0.755. The summed E-state index contributed by atoms with van der Waals surface area (Å²) in [5.74, 6) is 3.27. The fourth-order valence-corrected chi connectivity index (χ4v) is 4.32. The first kappa shape index (κ1) is 19.6. The summed E-state index contributed by atoms with van der Waals surface area (Å²) < 4.78 is 22.2. The Bertz CT molecular complexity index is 839. The van der Waals surface area contributed by atoms with Crippen LogP contribution in [-0.4, -0.2) is 39.9 Å². The predicted octanol–water partition coefficient (Wildman–Crippen LogP) is 0.381. The van der Waals surface area contributed by atoms with Gasteiger partial charge in [-0.25, -0.2) is 0 Å². The van der Waals surface area contributed by atoms with Crippen LogP contribution in [0.1, 0.15) is 28.3 Å².